The molecule has 0 N–H and O–H groups in total. The summed E-state index contributed by atoms with van der Waals surface area (Å²) in [4.78, 5) is 13.3. The van der Waals surface area contributed by atoms with E-state index in [2.05, 4.69) is 58.2 Å². The van der Waals surface area contributed by atoms with Gasteiger partial charge in [-0.3, -0.25) is 4.90 Å². The molecule has 5 heteroatoms. The maximum atomic E-state index is 10.9. The van der Waals surface area contributed by atoms with Crippen molar-refractivity contribution >= 4 is 5.97 Å². The Kier molecular flexibility index (Phi) is 12.2. The van der Waals surface area contributed by atoms with Gasteiger partial charge in [0.1, 0.15) is 0 Å². The highest BCUT2D eigenvalue weighted by Crippen LogP contribution is 2.10. The van der Waals surface area contributed by atoms with Gasteiger partial charge in [-0.15, -0.1) is 0 Å². The number of carbonyl (C=O) groups is 1. The fourth-order valence-corrected chi connectivity index (χ4v) is 2.96. The maximum absolute atomic E-state index is 10.9. The number of esters is 1. The summed E-state index contributed by atoms with van der Waals surface area (Å²) in [6, 6.07) is 21.1. The van der Waals surface area contributed by atoms with Crippen LogP contribution in [0.2, 0.25) is 0 Å². The Morgan fingerprint density at radius 1 is 0.833 bits per heavy atom. The fraction of sp³-hybridized carbons (Fsp3) is 0.400. The highest BCUT2D eigenvalue weighted by molar-refractivity contribution is 5.81. The smallest absolute Gasteiger partial charge is 0.330 e. The minimum atomic E-state index is -0.361. The number of nitrogens with zero attached hydrogens (tertiary/aromatic N) is 1. The van der Waals surface area contributed by atoms with Crippen LogP contribution in [0.25, 0.3) is 0 Å². The van der Waals surface area contributed by atoms with Gasteiger partial charge < -0.3 is 14.2 Å². The van der Waals surface area contributed by atoms with E-state index < -0.39 is 0 Å². The Morgan fingerprint density at radius 2 is 1.40 bits per heavy atom. The molecule has 0 aliphatic rings. The van der Waals surface area contributed by atoms with E-state index in [4.69, 9.17) is 9.47 Å². The van der Waals surface area contributed by atoms with E-state index in [9.17, 15) is 4.79 Å². The molecule has 0 atom stereocenters. The Morgan fingerprint density at radius 3 is 1.97 bits per heavy atom. The summed E-state index contributed by atoms with van der Waals surface area (Å²) in [6.07, 6.45) is 4.93. The topological polar surface area (TPSA) is 48.0 Å². The van der Waals surface area contributed by atoms with E-state index in [0.29, 0.717) is 19.8 Å². The Bertz CT molecular complexity index is 677. The van der Waals surface area contributed by atoms with E-state index in [1.807, 2.05) is 12.1 Å². The van der Waals surface area contributed by atoms with Crippen molar-refractivity contribution in [2.75, 3.05) is 40.1 Å². The van der Waals surface area contributed by atoms with Gasteiger partial charge in [0, 0.05) is 38.9 Å². The summed E-state index contributed by atoms with van der Waals surface area (Å²) < 4.78 is 15.8. The molecule has 162 valence electrons. The molecule has 0 spiro atoms. The van der Waals surface area contributed by atoms with Crippen LogP contribution in [0.1, 0.15) is 24.0 Å². The number of methoxy groups -OCH3 is 1. The molecule has 0 aromatic heterocycles. The van der Waals surface area contributed by atoms with Crippen molar-refractivity contribution in [2.24, 2.45) is 0 Å². The lowest BCUT2D eigenvalue weighted by molar-refractivity contribution is -0.134. The highest BCUT2D eigenvalue weighted by atomic mass is 16.5. The van der Waals surface area contributed by atoms with E-state index >= 15 is 0 Å². The molecule has 0 fully saturated rings. The maximum Gasteiger partial charge on any atom is 0.330 e. The molecular formula is C25H33NO4. The van der Waals surface area contributed by atoms with Crippen LogP contribution in [0, 0.1) is 0 Å². The summed E-state index contributed by atoms with van der Waals surface area (Å²) in [5.74, 6) is -0.361. The lowest BCUT2D eigenvalue weighted by Crippen LogP contribution is -2.27. The zero-order chi connectivity index (χ0) is 21.3. The summed E-state index contributed by atoms with van der Waals surface area (Å²) in [7, 11) is 1.36. The molecule has 0 saturated heterocycles. The molecule has 2 rings (SSSR count). The largest absolute Gasteiger partial charge is 0.466 e. The first kappa shape index (κ1) is 23.8. The summed E-state index contributed by atoms with van der Waals surface area (Å²) in [5, 5.41) is 0. The van der Waals surface area contributed by atoms with Gasteiger partial charge >= 0.3 is 5.97 Å². The van der Waals surface area contributed by atoms with Gasteiger partial charge in [0.15, 0.2) is 0 Å². The van der Waals surface area contributed by atoms with Crippen molar-refractivity contribution in [1.82, 2.24) is 4.90 Å². The van der Waals surface area contributed by atoms with Crippen molar-refractivity contribution in [3.63, 3.8) is 0 Å². The second-order valence-electron chi connectivity index (χ2n) is 7.00. The number of ether oxygens (including phenoxy) is 3. The normalized spacial score (nSPS) is 11.3. The van der Waals surface area contributed by atoms with Crippen LogP contribution < -0.4 is 0 Å². The standard InChI is InChI=1S/C25H33NO4/c1-28-25(27)15-10-19-29-17-8-9-18-30-20-16-26(21-23-11-4-2-5-12-23)22-24-13-6-3-7-14-24/h2-7,10-15H,8-9,16-22H2,1H3/b15-10+. The van der Waals surface area contributed by atoms with Gasteiger partial charge in [0.25, 0.3) is 0 Å². The summed E-state index contributed by atoms with van der Waals surface area (Å²) in [5.41, 5.74) is 2.62. The number of benzene rings is 2. The minimum Gasteiger partial charge on any atom is -0.466 e. The van der Waals surface area contributed by atoms with Crippen LogP contribution in [0.3, 0.4) is 0 Å². The van der Waals surface area contributed by atoms with E-state index in [0.717, 1.165) is 39.1 Å². The third-order valence-corrected chi connectivity index (χ3v) is 4.55. The molecule has 2 aromatic carbocycles. The van der Waals surface area contributed by atoms with Gasteiger partial charge in [-0.1, -0.05) is 66.7 Å². The first-order valence-electron chi connectivity index (χ1n) is 10.5. The quantitative estimate of drug-likeness (QED) is 0.249. The molecule has 5 nitrogen and oxygen atoms in total. The molecule has 0 amide bonds. The zero-order valence-corrected chi connectivity index (χ0v) is 17.9. The molecule has 0 unspecified atom stereocenters. The molecule has 0 aliphatic heterocycles. The number of carbonyl (C=O) groups excluding carboxylic acids is 1. The first-order chi connectivity index (χ1) is 14.8. The third kappa shape index (κ3) is 10.9. The van der Waals surface area contributed by atoms with E-state index in [-0.39, 0.29) is 5.97 Å². The monoisotopic (exact) mass is 411 g/mol. The van der Waals surface area contributed by atoms with Crippen molar-refractivity contribution in [1.29, 1.82) is 0 Å². The average molecular weight is 412 g/mol. The Labute approximate surface area is 180 Å². The molecular weight excluding hydrogens is 378 g/mol. The number of hydrogen-bond donors (Lipinski definition) is 0. The predicted octanol–water partition coefficient (Wildman–Crippen LogP) is 4.23. The van der Waals surface area contributed by atoms with Crippen LogP contribution in [0.15, 0.2) is 72.8 Å². The Balaban J connectivity index is 1.60. The molecule has 30 heavy (non-hydrogen) atoms. The van der Waals surface area contributed by atoms with Crippen LogP contribution in [-0.2, 0) is 32.1 Å². The number of hydrogen-bond acceptors (Lipinski definition) is 5. The van der Waals surface area contributed by atoms with E-state index in [1.165, 1.54) is 24.3 Å². The van der Waals surface area contributed by atoms with Gasteiger partial charge in [-0.25, -0.2) is 4.79 Å². The predicted molar refractivity (Wildman–Crippen MR) is 119 cm³/mol. The van der Waals surface area contributed by atoms with Crippen molar-refractivity contribution < 1.29 is 19.0 Å². The molecule has 0 saturated carbocycles. The molecule has 0 radical (unpaired) electrons. The fourth-order valence-electron chi connectivity index (χ4n) is 2.96. The lowest BCUT2D eigenvalue weighted by atomic mass is 10.1. The zero-order valence-electron chi connectivity index (χ0n) is 17.9. The van der Waals surface area contributed by atoms with Crippen LogP contribution >= 0.6 is 0 Å². The van der Waals surface area contributed by atoms with Gasteiger partial charge in [0.2, 0.25) is 0 Å². The Hall–Kier alpha value is -2.47. The van der Waals surface area contributed by atoms with Crippen molar-refractivity contribution in [3.05, 3.63) is 83.9 Å². The van der Waals surface area contributed by atoms with Gasteiger partial charge in [-0.05, 0) is 24.0 Å². The summed E-state index contributed by atoms with van der Waals surface area (Å²) in [6.45, 7) is 5.22. The third-order valence-electron chi connectivity index (χ3n) is 4.55. The second kappa shape index (κ2) is 15.4. The van der Waals surface area contributed by atoms with Crippen molar-refractivity contribution in [2.45, 2.75) is 25.9 Å². The SMILES string of the molecule is COC(=O)/C=C/COCCCCOCCN(Cc1ccccc1)Cc1ccccc1. The lowest BCUT2D eigenvalue weighted by Gasteiger charge is -2.22. The number of rotatable bonds is 15. The van der Waals surface area contributed by atoms with Crippen molar-refractivity contribution in [3.8, 4) is 0 Å². The van der Waals surface area contributed by atoms with Crippen LogP contribution in [0.4, 0.5) is 0 Å². The first-order valence-corrected chi connectivity index (χ1v) is 10.5. The highest BCUT2D eigenvalue weighted by Gasteiger charge is 2.07. The minimum absolute atomic E-state index is 0.361. The second-order valence-corrected chi connectivity index (χ2v) is 7.00. The summed E-state index contributed by atoms with van der Waals surface area (Å²) >= 11 is 0. The van der Waals surface area contributed by atoms with E-state index in [1.54, 1.807) is 6.08 Å². The molecule has 0 heterocycles. The van der Waals surface area contributed by atoms with Gasteiger partial charge in [-0.2, -0.15) is 0 Å². The van der Waals surface area contributed by atoms with Crippen LogP contribution in [0.5, 0.6) is 0 Å². The molecule has 2 aromatic rings. The number of unbranched alkanes of at least 4 members (excludes halogenated alkanes) is 1. The molecule has 0 bridgehead atoms. The molecule has 0 aliphatic carbocycles. The van der Waals surface area contributed by atoms with Crippen LogP contribution in [-0.4, -0.2) is 51.0 Å². The average Bonchev–Trinajstić information content (AvgIpc) is 2.78. The van der Waals surface area contributed by atoms with Gasteiger partial charge in [0.05, 0.1) is 20.3 Å².